The van der Waals surface area contributed by atoms with Crippen LogP contribution in [0.25, 0.3) is 5.69 Å². The topological polar surface area (TPSA) is 43.6 Å². The Morgan fingerprint density at radius 3 is 2.29 bits per heavy atom. The van der Waals surface area contributed by atoms with Crippen LogP contribution < -0.4 is 0 Å². The van der Waals surface area contributed by atoms with Crippen molar-refractivity contribution in [3.05, 3.63) is 64.7 Å². The molecule has 0 saturated heterocycles. The third-order valence-corrected chi connectivity index (χ3v) is 4.40. The van der Waals surface area contributed by atoms with E-state index >= 15 is 0 Å². The molecule has 0 unspecified atom stereocenters. The molecule has 1 heterocycles. The third kappa shape index (κ3) is 3.88. The van der Waals surface area contributed by atoms with Crippen LogP contribution in [0.15, 0.2) is 53.7 Å². The summed E-state index contributed by atoms with van der Waals surface area (Å²) in [4.78, 5) is 0. The molecule has 0 aliphatic heterocycles. The molecule has 3 rings (SSSR count). The summed E-state index contributed by atoms with van der Waals surface area (Å²) in [6, 6.07) is 12.0. The number of hydrogen-bond acceptors (Lipinski definition) is 4. The minimum absolute atomic E-state index is 0.450. The van der Waals surface area contributed by atoms with Crippen LogP contribution in [0.3, 0.4) is 0 Å². The molecule has 0 fully saturated rings. The highest BCUT2D eigenvalue weighted by molar-refractivity contribution is 7.98. The monoisotopic (exact) mass is 370 g/mol. The van der Waals surface area contributed by atoms with E-state index in [2.05, 4.69) is 15.5 Å². The molecule has 0 N–H and O–H groups in total. The Bertz CT molecular complexity index is 816. The molecule has 0 atom stereocenters. The van der Waals surface area contributed by atoms with E-state index in [1.54, 1.807) is 28.9 Å². The van der Waals surface area contributed by atoms with Crippen LogP contribution in [-0.2, 0) is 11.9 Å². The summed E-state index contributed by atoms with van der Waals surface area (Å²) in [5.74, 6) is 0.450. The second-order valence-electron chi connectivity index (χ2n) is 4.83. The minimum Gasteiger partial charge on any atom is -0.187 e. The highest BCUT2D eigenvalue weighted by Crippen LogP contribution is 2.30. The first-order valence-electron chi connectivity index (χ1n) is 6.77. The van der Waals surface area contributed by atoms with Crippen LogP contribution in [0.5, 0.6) is 0 Å². The molecule has 0 aliphatic rings. The molecule has 24 heavy (non-hydrogen) atoms. The van der Waals surface area contributed by atoms with Gasteiger partial charge in [-0.2, -0.15) is 17.9 Å². The maximum Gasteiger partial charge on any atom is 0.416 e. The van der Waals surface area contributed by atoms with Gasteiger partial charge in [-0.05, 0) is 52.4 Å². The Hall–Kier alpha value is -2.06. The van der Waals surface area contributed by atoms with E-state index < -0.39 is 11.7 Å². The summed E-state index contributed by atoms with van der Waals surface area (Å²) in [7, 11) is 0. The van der Waals surface area contributed by atoms with Gasteiger partial charge in [-0.15, -0.1) is 5.10 Å². The number of tetrazole rings is 1. The molecule has 0 aliphatic carbocycles. The lowest BCUT2D eigenvalue weighted by Gasteiger charge is -2.07. The summed E-state index contributed by atoms with van der Waals surface area (Å²) in [6.07, 6.45) is -4.33. The fraction of sp³-hybridized carbons (Fsp3) is 0.133. The molecule has 2 aromatic carbocycles. The van der Waals surface area contributed by atoms with Crippen LogP contribution >= 0.6 is 23.4 Å². The maximum absolute atomic E-state index is 12.6. The van der Waals surface area contributed by atoms with Crippen LogP contribution in [0.2, 0.25) is 5.02 Å². The van der Waals surface area contributed by atoms with Gasteiger partial charge in [0.05, 0.1) is 11.3 Å². The van der Waals surface area contributed by atoms with Gasteiger partial charge in [-0.3, -0.25) is 0 Å². The average molecular weight is 371 g/mol. The Morgan fingerprint density at radius 2 is 1.67 bits per heavy atom. The first-order valence-corrected chi connectivity index (χ1v) is 8.13. The summed E-state index contributed by atoms with van der Waals surface area (Å²) in [5.41, 5.74) is 0.834. The lowest BCUT2D eigenvalue weighted by molar-refractivity contribution is -0.137. The van der Waals surface area contributed by atoms with Crippen molar-refractivity contribution < 1.29 is 13.2 Å². The van der Waals surface area contributed by atoms with Gasteiger partial charge < -0.3 is 0 Å². The molecule has 4 nitrogen and oxygen atoms in total. The van der Waals surface area contributed by atoms with Crippen molar-refractivity contribution in [3.8, 4) is 5.69 Å². The maximum atomic E-state index is 12.6. The lowest BCUT2D eigenvalue weighted by atomic mass is 10.1. The highest BCUT2D eigenvalue weighted by atomic mass is 35.5. The number of rotatable bonds is 4. The Kier molecular flexibility index (Phi) is 4.77. The van der Waals surface area contributed by atoms with E-state index in [4.69, 9.17) is 11.6 Å². The van der Waals surface area contributed by atoms with Crippen LogP contribution in [0.1, 0.15) is 11.1 Å². The van der Waals surface area contributed by atoms with Crippen molar-refractivity contribution in [3.63, 3.8) is 0 Å². The van der Waals surface area contributed by atoms with Gasteiger partial charge in [0.25, 0.3) is 0 Å². The van der Waals surface area contributed by atoms with E-state index in [1.165, 1.54) is 23.9 Å². The molecule has 0 amide bonds. The SMILES string of the molecule is FC(F)(F)c1ccc(CSc2nnnn2-c2ccc(Cl)cc2)cc1. The zero-order valence-corrected chi connectivity index (χ0v) is 13.6. The number of aromatic nitrogens is 4. The van der Waals surface area contributed by atoms with Crippen molar-refractivity contribution in [1.82, 2.24) is 20.2 Å². The molecule has 124 valence electrons. The van der Waals surface area contributed by atoms with E-state index in [1.807, 2.05) is 0 Å². The van der Waals surface area contributed by atoms with Crippen LogP contribution in [0.4, 0.5) is 13.2 Å². The van der Waals surface area contributed by atoms with Gasteiger partial charge in [-0.25, -0.2) is 0 Å². The molecule has 9 heteroatoms. The van der Waals surface area contributed by atoms with Gasteiger partial charge >= 0.3 is 6.18 Å². The summed E-state index contributed by atoms with van der Waals surface area (Å²) >= 11 is 7.18. The standard InChI is InChI=1S/C15H10ClF3N4S/c16-12-5-7-13(8-6-12)23-14(20-21-22-23)24-9-10-1-3-11(4-2-10)15(17,18)19/h1-8H,9H2. The quantitative estimate of drug-likeness (QED) is 0.628. The Balaban J connectivity index is 1.72. The molecule has 0 bridgehead atoms. The second kappa shape index (κ2) is 6.82. The molecule has 3 aromatic rings. The smallest absolute Gasteiger partial charge is 0.187 e. The summed E-state index contributed by atoms with van der Waals surface area (Å²) < 4.78 is 39.2. The molecule has 0 spiro atoms. The molecular formula is C15H10ClF3N4S. The zero-order chi connectivity index (χ0) is 17.2. The fourth-order valence-corrected chi connectivity index (χ4v) is 2.92. The van der Waals surface area contributed by atoms with Crippen molar-refractivity contribution in [2.24, 2.45) is 0 Å². The molecule has 1 aromatic heterocycles. The summed E-state index contributed by atoms with van der Waals surface area (Å²) in [6.45, 7) is 0. The first-order chi connectivity index (χ1) is 11.4. The first kappa shape index (κ1) is 16.8. The number of halogens is 4. The minimum atomic E-state index is -4.33. The normalized spacial score (nSPS) is 11.7. The number of hydrogen-bond donors (Lipinski definition) is 0. The van der Waals surface area contributed by atoms with Crippen LogP contribution in [0, 0.1) is 0 Å². The second-order valence-corrected chi connectivity index (χ2v) is 6.21. The Morgan fingerprint density at radius 1 is 1.00 bits per heavy atom. The largest absolute Gasteiger partial charge is 0.416 e. The molecular weight excluding hydrogens is 361 g/mol. The average Bonchev–Trinajstić information content (AvgIpc) is 3.02. The fourth-order valence-electron chi connectivity index (χ4n) is 1.95. The van der Waals surface area contributed by atoms with E-state index in [0.717, 1.165) is 23.4 Å². The van der Waals surface area contributed by atoms with Gasteiger partial charge in [0.1, 0.15) is 0 Å². The van der Waals surface area contributed by atoms with Crippen molar-refractivity contribution >= 4 is 23.4 Å². The van der Waals surface area contributed by atoms with Crippen molar-refractivity contribution in [1.29, 1.82) is 0 Å². The van der Waals surface area contributed by atoms with Crippen LogP contribution in [-0.4, -0.2) is 20.2 Å². The van der Waals surface area contributed by atoms with Gasteiger partial charge in [-0.1, -0.05) is 35.5 Å². The van der Waals surface area contributed by atoms with E-state index in [-0.39, 0.29) is 0 Å². The van der Waals surface area contributed by atoms with Crippen molar-refractivity contribution in [2.45, 2.75) is 17.1 Å². The number of alkyl halides is 3. The lowest BCUT2D eigenvalue weighted by Crippen LogP contribution is -2.04. The summed E-state index contributed by atoms with van der Waals surface area (Å²) in [5, 5.41) is 12.6. The van der Waals surface area contributed by atoms with Crippen molar-refractivity contribution in [2.75, 3.05) is 0 Å². The number of nitrogens with zero attached hydrogens (tertiary/aromatic N) is 4. The predicted octanol–water partition coefficient (Wildman–Crippen LogP) is 4.63. The molecule has 0 radical (unpaired) electrons. The number of thioether (sulfide) groups is 1. The Labute approximate surface area is 144 Å². The third-order valence-electron chi connectivity index (χ3n) is 3.16. The van der Waals surface area contributed by atoms with Gasteiger partial charge in [0.15, 0.2) is 0 Å². The van der Waals surface area contributed by atoms with E-state index in [0.29, 0.717) is 15.9 Å². The zero-order valence-electron chi connectivity index (χ0n) is 12.0. The van der Waals surface area contributed by atoms with Gasteiger partial charge in [0, 0.05) is 10.8 Å². The molecule has 0 saturated carbocycles. The predicted molar refractivity (Wildman–Crippen MR) is 85.2 cm³/mol. The number of benzene rings is 2. The van der Waals surface area contributed by atoms with Gasteiger partial charge in [0.2, 0.25) is 5.16 Å². The highest BCUT2D eigenvalue weighted by Gasteiger charge is 2.29. The van der Waals surface area contributed by atoms with E-state index in [9.17, 15) is 13.2 Å².